The molecule has 5 rings (SSSR count). The van der Waals surface area contributed by atoms with E-state index in [0.717, 1.165) is 53.3 Å². The number of aldehydes is 1. The molecule has 2 fully saturated rings. The van der Waals surface area contributed by atoms with Crippen molar-refractivity contribution >= 4 is 24.2 Å². The molecule has 1 amide bonds. The van der Waals surface area contributed by atoms with E-state index in [1.165, 1.54) is 5.56 Å². The van der Waals surface area contributed by atoms with E-state index in [0.29, 0.717) is 32.6 Å². The number of carbonyl (C=O) groups is 2. The summed E-state index contributed by atoms with van der Waals surface area (Å²) in [6.07, 6.45) is 7.72. The fraction of sp³-hybridized carbons (Fsp3) is 0.346. The highest BCUT2D eigenvalue weighted by Crippen LogP contribution is 2.35. The van der Waals surface area contributed by atoms with E-state index in [-0.39, 0.29) is 18.5 Å². The van der Waals surface area contributed by atoms with Gasteiger partial charge in [0.1, 0.15) is 6.29 Å². The van der Waals surface area contributed by atoms with Crippen LogP contribution < -0.4 is 5.32 Å². The minimum Gasteiger partial charge on any atom is -0.378 e. The molecule has 3 heterocycles. The van der Waals surface area contributed by atoms with E-state index in [1.807, 2.05) is 35.3 Å². The molecule has 33 heavy (non-hydrogen) atoms. The SMILES string of the molecule is C=CC=C(CC=O)C1=C2CCN(C(=O)C3=Cc4ccccc4C3)C2N=C(N2CCOCC2)N1. The predicted octanol–water partition coefficient (Wildman–Crippen LogP) is 2.43. The molecule has 0 spiro atoms. The third-order valence-electron chi connectivity index (χ3n) is 6.59. The van der Waals surface area contributed by atoms with Crippen molar-refractivity contribution in [3.63, 3.8) is 0 Å². The van der Waals surface area contributed by atoms with Crippen LogP contribution in [0.5, 0.6) is 0 Å². The minimum absolute atomic E-state index is 0.0298. The van der Waals surface area contributed by atoms with Crippen LogP contribution in [0.25, 0.3) is 6.08 Å². The van der Waals surface area contributed by atoms with Gasteiger partial charge in [0, 0.05) is 43.7 Å². The number of nitrogens with zero attached hydrogens (tertiary/aromatic N) is 3. The Morgan fingerprint density at radius 1 is 1.24 bits per heavy atom. The lowest BCUT2D eigenvalue weighted by molar-refractivity contribution is -0.127. The van der Waals surface area contributed by atoms with Crippen molar-refractivity contribution < 1.29 is 14.3 Å². The Morgan fingerprint density at radius 3 is 2.82 bits per heavy atom. The Hall–Kier alpha value is -3.45. The van der Waals surface area contributed by atoms with Gasteiger partial charge in [-0.25, -0.2) is 4.99 Å². The van der Waals surface area contributed by atoms with Gasteiger partial charge < -0.3 is 24.6 Å². The van der Waals surface area contributed by atoms with E-state index in [1.54, 1.807) is 6.08 Å². The van der Waals surface area contributed by atoms with Crippen molar-refractivity contribution in [2.75, 3.05) is 32.8 Å². The van der Waals surface area contributed by atoms with Gasteiger partial charge in [-0.1, -0.05) is 43.0 Å². The number of guanidine groups is 1. The number of amides is 1. The monoisotopic (exact) mass is 444 g/mol. The standard InChI is InChI=1S/C26H28N4O3/c1-2-5-18(9-13-31)23-22-8-10-30(24(22)28-26(27-23)29-11-14-33-15-12-29)25(32)21-16-19-6-3-4-7-20(19)17-21/h2-7,13,16,24H,1,8-12,14-15,17H2,(H,27,28). The molecule has 0 aromatic heterocycles. The average molecular weight is 445 g/mol. The molecule has 3 aliphatic heterocycles. The molecule has 7 heteroatoms. The van der Waals surface area contributed by atoms with E-state index in [4.69, 9.17) is 9.73 Å². The molecular weight excluding hydrogens is 416 g/mol. The van der Waals surface area contributed by atoms with Gasteiger partial charge in [-0.3, -0.25) is 4.79 Å². The zero-order valence-corrected chi connectivity index (χ0v) is 18.6. The van der Waals surface area contributed by atoms with Crippen LogP contribution in [0.2, 0.25) is 0 Å². The number of hydrogen-bond donors (Lipinski definition) is 1. The van der Waals surface area contributed by atoms with Crippen LogP contribution in [0.15, 0.2) is 70.4 Å². The lowest BCUT2D eigenvalue weighted by Crippen LogP contribution is -2.51. The first-order chi connectivity index (χ1) is 16.2. The first-order valence-electron chi connectivity index (χ1n) is 11.4. The number of ether oxygens (including phenoxy) is 1. The van der Waals surface area contributed by atoms with Crippen LogP contribution in [-0.4, -0.2) is 67.0 Å². The molecule has 4 aliphatic rings. The maximum atomic E-state index is 13.6. The Kier molecular flexibility index (Phi) is 5.96. The Morgan fingerprint density at radius 2 is 2.06 bits per heavy atom. The number of carbonyl (C=O) groups excluding carboxylic acids is 2. The van der Waals surface area contributed by atoms with Gasteiger partial charge in [0.15, 0.2) is 6.17 Å². The highest BCUT2D eigenvalue weighted by Gasteiger charge is 2.40. The van der Waals surface area contributed by atoms with Crippen molar-refractivity contribution in [1.82, 2.24) is 15.1 Å². The number of nitrogens with one attached hydrogen (secondary N) is 1. The quantitative estimate of drug-likeness (QED) is 0.558. The Labute approximate surface area is 193 Å². The van der Waals surface area contributed by atoms with Gasteiger partial charge in [-0.05, 0) is 34.8 Å². The van der Waals surface area contributed by atoms with E-state index >= 15 is 0 Å². The molecule has 1 unspecified atom stereocenters. The summed E-state index contributed by atoms with van der Waals surface area (Å²) in [5.41, 5.74) is 5.90. The largest absolute Gasteiger partial charge is 0.378 e. The number of allylic oxidation sites excluding steroid dienone is 3. The molecule has 1 N–H and O–H groups in total. The number of likely N-dealkylation sites (tertiary alicyclic amines) is 1. The Balaban J connectivity index is 1.49. The van der Waals surface area contributed by atoms with E-state index < -0.39 is 0 Å². The van der Waals surface area contributed by atoms with Gasteiger partial charge in [-0.15, -0.1) is 0 Å². The summed E-state index contributed by atoms with van der Waals surface area (Å²) in [5.74, 6) is 0.758. The number of benzene rings is 1. The molecule has 1 aromatic carbocycles. The van der Waals surface area contributed by atoms with Crippen LogP contribution in [-0.2, 0) is 20.7 Å². The molecule has 170 valence electrons. The molecule has 0 saturated carbocycles. The summed E-state index contributed by atoms with van der Waals surface area (Å²) >= 11 is 0. The lowest BCUT2D eigenvalue weighted by atomic mass is 10.00. The maximum Gasteiger partial charge on any atom is 0.252 e. The second kappa shape index (κ2) is 9.19. The summed E-state index contributed by atoms with van der Waals surface area (Å²) in [5, 5.41) is 3.48. The average Bonchev–Trinajstić information content (AvgIpc) is 3.48. The fourth-order valence-electron chi connectivity index (χ4n) is 4.94. The van der Waals surface area contributed by atoms with Crippen LogP contribution >= 0.6 is 0 Å². The van der Waals surface area contributed by atoms with Crippen molar-refractivity contribution in [3.8, 4) is 0 Å². The van der Waals surface area contributed by atoms with Crippen molar-refractivity contribution in [2.45, 2.75) is 25.4 Å². The molecule has 1 atom stereocenters. The zero-order chi connectivity index (χ0) is 22.8. The predicted molar refractivity (Wildman–Crippen MR) is 127 cm³/mol. The maximum absolute atomic E-state index is 13.6. The van der Waals surface area contributed by atoms with Crippen LogP contribution in [0.3, 0.4) is 0 Å². The van der Waals surface area contributed by atoms with Crippen LogP contribution in [0, 0.1) is 0 Å². The lowest BCUT2D eigenvalue weighted by Gasteiger charge is -2.36. The molecular formula is C26H28N4O3. The first kappa shape index (κ1) is 21.4. The van der Waals surface area contributed by atoms with Crippen LogP contribution in [0.1, 0.15) is 24.0 Å². The third-order valence-corrected chi connectivity index (χ3v) is 6.59. The summed E-state index contributed by atoms with van der Waals surface area (Å²) in [6, 6.07) is 8.13. The number of fused-ring (bicyclic) bond motifs is 2. The molecule has 7 nitrogen and oxygen atoms in total. The van der Waals surface area contributed by atoms with Gasteiger partial charge in [0.2, 0.25) is 5.96 Å². The van der Waals surface area contributed by atoms with Gasteiger partial charge in [0.25, 0.3) is 5.91 Å². The number of aliphatic imine (C=N–C) groups is 1. The smallest absolute Gasteiger partial charge is 0.252 e. The summed E-state index contributed by atoms with van der Waals surface area (Å²) in [7, 11) is 0. The fourth-order valence-corrected chi connectivity index (χ4v) is 4.94. The minimum atomic E-state index is -0.379. The number of morpholine rings is 1. The van der Waals surface area contributed by atoms with E-state index in [2.05, 4.69) is 22.9 Å². The van der Waals surface area contributed by atoms with Crippen molar-refractivity contribution in [3.05, 3.63) is 76.5 Å². The van der Waals surface area contributed by atoms with Crippen molar-refractivity contribution in [1.29, 1.82) is 0 Å². The van der Waals surface area contributed by atoms with Crippen molar-refractivity contribution in [2.24, 2.45) is 4.99 Å². The van der Waals surface area contributed by atoms with Gasteiger partial charge in [0.05, 0.1) is 13.2 Å². The topological polar surface area (TPSA) is 74.2 Å². The first-order valence-corrected chi connectivity index (χ1v) is 11.4. The third kappa shape index (κ3) is 4.04. The summed E-state index contributed by atoms with van der Waals surface area (Å²) in [6.45, 7) is 7.13. The van der Waals surface area contributed by atoms with Gasteiger partial charge >= 0.3 is 0 Å². The Bertz CT molecular complexity index is 1110. The molecule has 0 bridgehead atoms. The highest BCUT2D eigenvalue weighted by molar-refractivity contribution is 6.01. The van der Waals surface area contributed by atoms with Crippen LogP contribution in [0.4, 0.5) is 0 Å². The van der Waals surface area contributed by atoms with E-state index in [9.17, 15) is 9.59 Å². The molecule has 2 saturated heterocycles. The second-order valence-electron chi connectivity index (χ2n) is 8.54. The molecule has 1 aromatic rings. The summed E-state index contributed by atoms with van der Waals surface area (Å²) in [4.78, 5) is 34.0. The van der Waals surface area contributed by atoms with Gasteiger partial charge in [-0.2, -0.15) is 0 Å². The number of rotatable bonds is 5. The zero-order valence-electron chi connectivity index (χ0n) is 18.6. The molecule has 1 aliphatic carbocycles. The summed E-state index contributed by atoms with van der Waals surface area (Å²) < 4.78 is 5.51. The normalized spacial score (nSPS) is 22.3. The second-order valence-corrected chi connectivity index (χ2v) is 8.54. The molecule has 0 radical (unpaired) electrons. The number of hydrogen-bond acceptors (Lipinski definition) is 6. The highest BCUT2D eigenvalue weighted by atomic mass is 16.5.